The predicted octanol–water partition coefficient (Wildman–Crippen LogP) is 1.96. The van der Waals surface area contributed by atoms with Crippen LogP contribution in [0.25, 0.3) is 0 Å². The first-order chi connectivity index (χ1) is 10.0. The van der Waals surface area contributed by atoms with Crippen LogP contribution in [-0.2, 0) is 9.59 Å². The van der Waals surface area contributed by atoms with Gasteiger partial charge in [-0.2, -0.15) is 0 Å². The summed E-state index contributed by atoms with van der Waals surface area (Å²) in [6.45, 7) is 3.02. The van der Waals surface area contributed by atoms with E-state index < -0.39 is 0 Å². The Bertz CT molecular complexity index is 634. The number of ether oxygens (including phenoxy) is 1. The first-order valence-electron chi connectivity index (χ1n) is 6.26. The van der Waals surface area contributed by atoms with E-state index in [0.29, 0.717) is 23.0 Å². The monoisotopic (exact) mass is 289 g/mol. The Labute approximate surface area is 121 Å². The molecule has 2 rings (SSSR count). The fourth-order valence-corrected chi connectivity index (χ4v) is 1.59. The Morgan fingerprint density at radius 1 is 1.24 bits per heavy atom. The second-order valence-electron chi connectivity index (χ2n) is 4.37. The van der Waals surface area contributed by atoms with Crippen LogP contribution in [-0.4, -0.2) is 23.6 Å². The summed E-state index contributed by atoms with van der Waals surface area (Å²) < 4.78 is 10.2. The zero-order valence-corrected chi connectivity index (χ0v) is 11.7. The van der Waals surface area contributed by atoms with E-state index in [4.69, 9.17) is 9.26 Å². The molecular weight excluding hydrogens is 274 g/mol. The molecule has 0 radical (unpaired) electrons. The molecule has 0 bridgehead atoms. The van der Waals surface area contributed by atoms with Crippen molar-refractivity contribution in [3.63, 3.8) is 0 Å². The number of anilines is 2. The fraction of sp³-hybridized carbons (Fsp3) is 0.214. The van der Waals surface area contributed by atoms with Crippen molar-refractivity contribution < 1.29 is 18.8 Å². The highest BCUT2D eigenvalue weighted by Gasteiger charge is 2.07. The summed E-state index contributed by atoms with van der Waals surface area (Å²) in [7, 11) is 0. The molecule has 2 aromatic rings. The van der Waals surface area contributed by atoms with Crippen LogP contribution in [0.1, 0.15) is 12.7 Å². The van der Waals surface area contributed by atoms with Gasteiger partial charge < -0.3 is 19.9 Å². The number of nitrogens with zero attached hydrogens (tertiary/aromatic N) is 1. The Morgan fingerprint density at radius 3 is 2.52 bits per heavy atom. The average molecular weight is 289 g/mol. The second kappa shape index (κ2) is 6.56. The van der Waals surface area contributed by atoms with Crippen LogP contribution in [0.3, 0.4) is 0 Å². The molecule has 7 heteroatoms. The number of benzene rings is 1. The highest BCUT2D eigenvalue weighted by molar-refractivity contribution is 5.91. The molecule has 0 aliphatic carbocycles. The van der Waals surface area contributed by atoms with Gasteiger partial charge in [0.2, 0.25) is 5.91 Å². The van der Waals surface area contributed by atoms with Gasteiger partial charge in [0.25, 0.3) is 5.91 Å². The number of nitrogens with one attached hydrogen (secondary N) is 2. The molecule has 110 valence electrons. The molecule has 0 aliphatic rings. The van der Waals surface area contributed by atoms with Crippen LogP contribution in [0.5, 0.6) is 5.75 Å². The third-order valence-electron chi connectivity index (χ3n) is 2.44. The highest BCUT2D eigenvalue weighted by Crippen LogP contribution is 2.15. The molecule has 0 spiro atoms. The van der Waals surface area contributed by atoms with Crippen molar-refractivity contribution >= 4 is 23.3 Å². The third kappa shape index (κ3) is 4.64. The number of hydrogen-bond acceptors (Lipinski definition) is 5. The molecule has 1 heterocycles. The highest BCUT2D eigenvalue weighted by atomic mass is 16.5. The third-order valence-corrected chi connectivity index (χ3v) is 2.44. The molecule has 0 aliphatic heterocycles. The Hall–Kier alpha value is -2.83. The molecular formula is C14H15N3O4. The molecule has 0 unspecified atom stereocenters. The number of rotatable bonds is 5. The van der Waals surface area contributed by atoms with Gasteiger partial charge in [-0.25, -0.2) is 0 Å². The van der Waals surface area contributed by atoms with Crippen LogP contribution in [0.4, 0.5) is 11.5 Å². The second-order valence-corrected chi connectivity index (χ2v) is 4.37. The van der Waals surface area contributed by atoms with E-state index in [9.17, 15) is 9.59 Å². The molecule has 2 N–H and O–H groups in total. The molecule has 21 heavy (non-hydrogen) atoms. The summed E-state index contributed by atoms with van der Waals surface area (Å²) in [6.07, 6.45) is 0. The lowest BCUT2D eigenvalue weighted by Gasteiger charge is -2.07. The molecule has 0 atom stereocenters. The average Bonchev–Trinajstić information content (AvgIpc) is 2.83. The van der Waals surface area contributed by atoms with Crippen molar-refractivity contribution in [2.75, 3.05) is 17.2 Å². The Balaban J connectivity index is 1.82. The topological polar surface area (TPSA) is 93.5 Å². The molecule has 7 nitrogen and oxygen atoms in total. The summed E-state index contributed by atoms with van der Waals surface area (Å²) in [5.41, 5.74) is 0.664. The van der Waals surface area contributed by atoms with Crippen LogP contribution in [0.15, 0.2) is 34.9 Å². The van der Waals surface area contributed by atoms with Crippen LogP contribution in [0.2, 0.25) is 0 Å². The van der Waals surface area contributed by atoms with Gasteiger partial charge >= 0.3 is 0 Å². The molecule has 0 saturated heterocycles. The lowest BCUT2D eigenvalue weighted by Crippen LogP contribution is -2.20. The van der Waals surface area contributed by atoms with Gasteiger partial charge in [0, 0.05) is 18.7 Å². The van der Waals surface area contributed by atoms with E-state index >= 15 is 0 Å². The van der Waals surface area contributed by atoms with E-state index in [-0.39, 0.29) is 18.4 Å². The van der Waals surface area contributed by atoms with Gasteiger partial charge in [-0.15, -0.1) is 0 Å². The van der Waals surface area contributed by atoms with Gasteiger partial charge in [0.05, 0.1) is 0 Å². The largest absolute Gasteiger partial charge is 0.484 e. The molecule has 2 amide bonds. The maximum absolute atomic E-state index is 11.6. The maximum atomic E-state index is 11.6. The van der Waals surface area contributed by atoms with Crippen molar-refractivity contribution in [2.45, 2.75) is 13.8 Å². The lowest BCUT2D eigenvalue weighted by molar-refractivity contribution is -0.118. The standard InChI is InChI=1S/C14H15N3O4/c1-9-7-13(17-21-9)16-14(19)8-20-12-5-3-11(4-6-12)15-10(2)18/h3-7H,8H2,1-2H3,(H,15,18)(H,16,17,19). The van der Waals surface area contributed by atoms with Crippen LogP contribution < -0.4 is 15.4 Å². The summed E-state index contributed by atoms with van der Waals surface area (Å²) in [5.74, 6) is 0.998. The summed E-state index contributed by atoms with van der Waals surface area (Å²) in [4.78, 5) is 22.5. The lowest BCUT2D eigenvalue weighted by atomic mass is 10.3. The van der Waals surface area contributed by atoms with Gasteiger partial charge in [0.1, 0.15) is 11.5 Å². The predicted molar refractivity (Wildman–Crippen MR) is 76.1 cm³/mol. The van der Waals surface area contributed by atoms with E-state index in [1.165, 1.54) is 6.92 Å². The van der Waals surface area contributed by atoms with Crippen LogP contribution >= 0.6 is 0 Å². The van der Waals surface area contributed by atoms with Crippen molar-refractivity contribution in [3.05, 3.63) is 36.1 Å². The number of aryl methyl sites for hydroxylation is 1. The van der Waals surface area contributed by atoms with Gasteiger partial charge in [-0.1, -0.05) is 5.16 Å². The minimum atomic E-state index is -0.339. The van der Waals surface area contributed by atoms with Gasteiger partial charge in [-0.3, -0.25) is 9.59 Å². The normalized spacial score (nSPS) is 10.0. The summed E-state index contributed by atoms with van der Waals surface area (Å²) >= 11 is 0. The summed E-state index contributed by atoms with van der Waals surface area (Å²) in [5, 5.41) is 8.83. The minimum Gasteiger partial charge on any atom is -0.484 e. The van der Waals surface area contributed by atoms with Gasteiger partial charge in [0.15, 0.2) is 12.4 Å². The molecule has 0 fully saturated rings. The quantitative estimate of drug-likeness (QED) is 0.877. The smallest absolute Gasteiger partial charge is 0.263 e. The van der Waals surface area contributed by atoms with Crippen molar-refractivity contribution in [1.82, 2.24) is 5.16 Å². The number of amides is 2. The van der Waals surface area contributed by atoms with E-state index in [1.807, 2.05) is 0 Å². The minimum absolute atomic E-state index is 0.147. The molecule has 1 aromatic heterocycles. The van der Waals surface area contributed by atoms with Crippen molar-refractivity contribution in [2.24, 2.45) is 0 Å². The first-order valence-corrected chi connectivity index (χ1v) is 6.26. The number of hydrogen-bond donors (Lipinski definition) is 2. The Morgan fingerprint density at radius 2 is 1.95 bits per heavy atom. The number of aromatic nitrogens is 1. The molecule has 0 saturated carbocycles. The summed E-state index contributed by atoms with van der Waals surface area (Å²) in [6, 6.07) is 8.32. The fourth-order valence-electron chi connectivity index (χ4n) is 1.59. The van der Waals surface area contributed by atoms with E-state index in [0.717, 1.165) is 0 Å². The molecule has 1 aromatic carbocycles. The zero-order chi connectivity index (χ0) is 15.2. The first kappa shape index (κ1) is 14.6. The van der Waals surface area contributed by atoms with Crippen LogP contribution in [0, 0.1) is 6.92 Å². The van der Waals surface area contributed by atoms with E-state index in [2.05, 4.69) is 15.8 Å². The van der Waals surface area contributed by atoms with Gasteiger partial charge in [-0.05, 0) is 31.2 Å². The van der Waals surface area contributed by atoms with Crippen molar-refractivity contribution in [3.8, 4) is 5.75 Å². The maximum Gasteiger partial charge on any atom is 0.263 e. The number of carbonyl (C=O) groups excluding carboxylic acids is 2. The SMILES string of the molecule is CC(=O)Nc1ccc(OCC(=O)Nc2cc(C)on2)cc1. The van der Waals surface area contributed by atoms with Crippen molar-refractivity contribution in [1.29, 1.82) is 0 Å². The van der Waals surface area contributed by atoms with E-state index in [1.54, 1.807) is 37.3 Å². The zero-order valence-electron chi connectivity index (χ0n) is 11.7. The number of carbonyl (C=O) groups is 2. The Kier molecular flexibility index (Phi) is 4.55.